The molecule has 3 aromatic rings. The number of hydrogen-bond acceptors (Lipinski definition) is 5. The number of benzene rings is 3. The van der Waals surface area contributed by atoms with E-state index in [0.717, 1.165) is 16.7 Å². The minimum absolute atomic E-state index is 0.235. The lowest BCUT2D eigenvalue weighted by molar-refractivity contribution is -0.286. The van der Waals surface area contributed by atoms with Crippen LogP contribution in [0.3, 0.4) is 0 Å². The van der Waals surface area contributed by atoms with E-state index >= 15 is 0 Å². The Bertz CT molecular complexity index is 887. The van der Waals surface area contributed by atoms with Crippen LogP contribution in [0.25, 0.3) is 0 Å². The zero-order valence-electron chi connectivity index (χ0n) is 17.4. The van der Waals surface area contributed by atoms with E-state index in [1.54, 1.807) is 0 Å². The molecule has 31 heavy (non-hydrogen) atoms. The zero-order valence-corrected chi connectivity index (χ0v) is 17.4. The highest BCUT2D eigenvalue weighted by molar-refractivity contribution is 5.15. The van der Waals surface area contributed by atoms with E-state index in [9.17, 15) is 5.11 Å². The number of hydrogen-bond donors (Lipinski definition) is 1. The largest absolute Gasteiger partial charge is 0.368 e. The third kappa shape index (κ3) is 6.23. The quantitative estimate of drug-likeness (QED) is 0.565. The number of aliphatic hydroxyl groups is 1. The van der Waals surface area contributed by atoms with Gasteiger partial charge in [0.25, 0.3) is 0 Å². The van der Waals surface area contributed by atoms with Gasteiger partial charge in [-0.25, -0.2) is 0 Å². The van der Waals surface area contributed by atoms with Crippen molar-refractivity contribution in [2.75, 3.05) is 6.61 Å². The van der Waals surface area contributed by atoms with Crippen LogP contribution in [0, 0.1) is 0 Å². The summed E-state index contributed by atoms with van der Waals surface area (Å²) in [7, 11) is 0. The fraction of sp³-hybridized carbons (Fsp3) is 0.308. The maximum Gasteiger partial charge on any atom is 0.183 e. The number of aliphatic hydroxyl groups excluding tert-OH is 1. The van der Waals surface area contributed by atoms with Gasteiger partial charge >= 0.3 is 0 Å². The lowest BCUT2D eigenvalue weighted by Gasteiger charge is -2.40. The SMILES string of the molecule is O[C@@H]1OC[C@@H](OCc2ccccc2)[C@H](OCc2ccccc2)[C@@H]1OCc1ccccc1. The Balaban J connectivity index is 1.46. The van der Waals surface area contributed by atoms with Crippen LogP contribution < -0.4 is 0 Å². The van der Waals surface area contributed by atoms with E-state index in [4.69, 9.17) is 18.9 Å². The molecule has 1 aliphatic rings. The van der Waals surface area contributed by atoms with Crippen molar-refractivity contribution >= 4 is 0 Å². The van der Waals surface area contributed by atoms with Gasteiger partial charge in [0.1, 0.15) is 18.3 Å². The van der Waals surface area contributed by atoms with Gasteiger partial charge in [-0.15, -0.1) is 0 Å². The molecular weight excluding hydrogens is 392 g/mol. The van der Waals surface area contributed by atoms with E-state index < -0.39 is 18.5 Å². The Kier molecular flexibility index (Phi) is 7.82. The van der Waals surface area contributed by atoms with Crippen LogP contribution >= 0.6 is 0 Å². The molecule has 1 heterocycles. The minimum atomic E-state index is -1.08. The van der Waals surface area contributed by atoms with Crippen molar-refractivity contribution in [3.05, 3.63) is 108 Å². The molecule has 162 valence electrons. The molecule has 3 aromatic carbocycles. The van der Waals surface area contributed by atoms with Gasteiger partial charge in [-0.3, -0.25) is 0 Å². The third-order valence-electron chi connectivity index (χ3n) is 5.28. The summed E-state index contributed by atoms with van der Waals surface area (Å²) in [4.78, 5) is 0. The molecule has 0 radical (unpaired) electrons. The summed E-state index contributed by atoms with van der Waals surface area (Å²) in [5, 5.41) is 10.5. The molecule has 0 amide bonds. The lowest BCUT2D eigenvalue weighted by atomic mass is 10.0. The maximum atomic E-state index is 10.5. The normalized spacial score (nSPS) is 23.5. The lowest BCUT2D eigenvalue weighted by Crippen LogP contribution is -2.56. The predicted octanol–water partition coefficient (Wildman–Crippen LogP) is 4.09. The molecule has 0 saturated carbocycles. The second-order valence-corrected chi connectivity index (χ2v) is 7.58. The van der Waals surface area contributed by atoms with Crippen LogP contribution in [0.4, 0.5) is 0 Å². The van der Waals surface area contributed by atoms with Crippen LogP contribution in [0.15, 0.2) is 91.0 Å². The Morgan fingerprint density at radius 1 is 0.613 bits per heavy atom. The molecule has 1 fully saturated rings. The van der Waals surface area contributed by atoms with Gasteiger partial charge in [0.05, 0.1) is 26.4 Å². The Hall–Kier alpha value is -2.54. The van der Waals surface area contributed by atoms with Gasteiger partial charge < -0.3 is 24.1 Å². The molecule has 5 heteroatoms. The van der Waals surface area contributed by atoms with E-state index in [1.165, 1.54) is 0 Å². The average Bonchev–Trinajstić information content (AvgIpc) is 2.83. The molecule has 1 N–H and O–H groups in total. The molecule has 1 saturated heterocycles. The Morgan fingerprint density at radius 3 is 1.52 bits per heavy atom. The highest BCUT2D eigenvalue weighted by atomic mass is 16.7. The van der Waals surface area contributed by atoms with Crippen molar-refractivity contribution in [3.8, 4) is 0 Å². The molecular formula is C26H28O5. The van der Waals surface area contributed by atoms with Crippen molar-refractivity contribution in [3.63, 3.8) is 0 Å². The first-order valence-electron chi connectivity index (χ1n) is 10.6. The van der Waals surface area contributed by atoms with Crippen LogP contribution in [-0.2, 0) is 38.8 Å². The van der Waals surface area contributed by atoms with Gasteiger partial charge in [-0.05, 0) is 16.7 Å². The molecule has 0 spiro atoms. The summed E-state index contributed by atoms with van der Waals surface area (Å²) >= 11 is 0. The first kappa shape index (κ1) is 21.7. The van der Waals surface area contributed by atoms with Crippen molar-refractivity contribution in [1.29, 1.82) is 0 Å². The standard InChI is InChI=1S/C26H28O5/c27-26-25(30-18-22-14-8-3-9-15-22)24(29-17-21-12-6-2-7-13-21)23(19-31-26)28-16-20-10-4-1-5-11-20/h1-15,23-27H,16-19H2/t23-,24+,25+,26-/m1/s1. The molecule has 5 nitrogen and oxygen atoms in total. The zero-order chi connectivity index (χ0) is 21.3. The molecule has 0 bridgehead atoms. The summed E-state index contributed by atoms with van der Waals surface area (Å²) in [6, 6.07) is 29.8. The second-order valence-electron chi connectivity index (χ2n) is 7.58. The average molecular weight is 421 g/mol. The van der Waals surface area contributed by atoms with Crippen molar-refractivity contribution in [2.24, 2.45) is 0 Å². The van der Waals surface area contributed by atoms with E-state index in [2.05, 4.69) is 0 Å². The van der Waals surface area contributed by atoms with Crippen LogP contribution in [0.1, 0.15) is 16.7 Å². The topological polar surface area (TPSA) is 57.2 Å². The van der Waals surface area contributed by atoms with Crippen molar-refractivity contribution in [2.45, 2.75) is 44.4 Å². The number of ether oxygens (including phenoxy) is 4. The summed E-state index contributed by atoms with van der Waals surface area (Å²) in [6.07, 6.45) is -2.59. The summed E-state index contributed by atoms with van der Waals surface area (Å²) in [5.74, 6) is 0. The summed E-state index contributed by atoms with van der Waals surface area (Å²) in [6.45, 7) is 1.41. The fourth-order valence-electron chi connectivity index (χ4n) is 3.59. The third-order valence-corrected chi connectivity index (χ3v) is 5.28. The van der Waals surface area contributed by atoms with Crippen molar-refractivity contribution in [1.82, 2.24) is 0 Å². The molecule has 0 unspecified atom stereocenters. The molecule has 4 atom stereocenters. The summed E-state index contributed by atoms with van der Waals surface area (Å²) in [5.41, 5.74) is 3.13. The molecule has 1 aliphatic heterocycles. The highest BCUT2D eigenvalue weighted by Crippen LogP contribution is 2.25. The number of rotatable bonds is 9. The van der Waals surface area contributed by atoms with E-state index in [-0.39, 0.29) is 12.7 Å². The summed E-state index contributed by atoms with van der Waals surface area (Å²) < 4.78 is 24.1. The maximum absolute atomic E-state index is 10.5. The second kappa shape index (κ2) is 11.2. The van der Waals surface area contributed by atoms with Crippen LogP contribution in [-0.4, -0.2) is 36.3 Å². The minimum Gasteiger partial charge on any atom is -0.368 e. The Morgan fingerprint density at radius 2 is 1.03 bits per heavy atom. The monoisotopic (exact) mass is 420 g/mol. The van der Waals surface area contributed by atoms with Crippen LogP contribution in [0.5, 0.6) is 0 Å². The van der Waals surface area contributed by atoms with Crippen LogP contribution in [0.2, 0.25) is 0 Å². The van der Waals surface area contributed by atoms with Gasteiger partial charge in [0.15, 0.2) is 6.29 Å². The van der Waals surface area contributed by atoms with E-state index in [0.29, 0.717) is 19.8 Å². The highest BCUT2D eigenvalue weighted by Gasteiger charge is 2.42. The van der Waals surface area contributed by atoms with Gasteiger partial charge in [0.2, 0.25) is 0 Å². The molecule has 0 aliphatic carbocycles. The Labute approximate surface area is 183 Å². The predicted molar refractivity (Wildman–Crippen MR) is 117 cm³/mol. The molecule has 4 rings (SSSR count). The first-order valence-corrected chi connectivity index (χ1v) is 10.6. The fourth-order valence-corrected chi connectivity index (χ4v) is 3.59. The van der Waals surface area contributed by atoms with Gasteiger partial charge in [0, 0.05) is 0 Å². The molecule has 0 aromatic heterocycles. The van der Waals surface area contributed by atoms with E-state index in [1.807, 2.05) is 91.0 Å². The van der Waals surface area contributed by atoms with Crippen molar-refractivity contribution < 1.29 is 24.1 Å². The van der Waals surface area contributed by atoms with Gasteiger partial charge in [-0.1, -0.05) is 91.0 Å². The smallest absolute Gasteiger partial charge is 0.183 e. The first-order chi connectivity index (χ1) is 15.3. The van der Waals surface area contributed by atoms with Gasteiger partial charge in [-0.2, -0.15) is 0 Å².